The molecule has 7 nitrogen and oxygen atoms in total. The lowest BCUT2D eigenvalue weighted by Crippen LogP contribution is -2.51. The Hall–Kier alpha value is -1.39. The number of likely N-dealkylation sites (tertiary alicyclic amines) is 1. The van der Waals surface area contributed by atoms with Crippen molar-refractivity contribution >= 4 is 50.7 Å². The van der Waals surface area contributed by atoms with E-state index in [2.05, 4.69) is 40.5 Å². The Labute approximate surface area is 252 Å². The van der Waals surface area contributed by atoms with E-state index >= 15 is 0 Å². The van der Waals surface area contributed by atoms with Crippen molar-refractivity contribution in [2.24, 2.45) is 0 Å². The predicted octanol–water partition coefficient (Wildman–Crippen LogP) is 5.87. The van der Waals surface area contributed by atoms with Crippen molar-refractivity contribution in [2.75, 3.05) is 32.8 Å². The van der Waals surface area contributed by atoms with Gasteiger partial charge in [0.15, 0.2) is 0 Å². The Morgan fingerprint density at radius 1 is 0.950 bits per heavy atom. The summed E-state index contributed by atoms with van der Waals surface area (Å²) in [6.07, 6.45) is 7.20. The lowest BCUT2D eigenvalue weighted by Gasteiger charge is -2.47. The van der Waals surface area contributed by atoms with Crippen LogP contribution in [0.2, 0.25) is 15.1 Å². The number of amides is 1. The average Bonchev–Trinajstić information content (AvgIpc) is 3.48. The molecule has 2 aromatic rings. The second kappa shape index (κ2) is 12.9. The fourth-order valence-corrected chi connectivity index (χ4v) is 9.55. The first kappa shape index (κ1) is 30.1. The van der Waals surface area contributed by atoms with Crippen molar-refractivity contribution in [3.8, 4) is 0 Å². The van der Waals surface area contributed by atoms with Crippen molar-refractivity contribution in [3.63, 3.8) is 0 Å². The highest BCUT2D eigenvalue weighted by atomic mass is 35.5. The topological polar surface area (TPSA) is 78.9 Å². The number of hydrogen-bond donors (Lipinski definition) is 1. The molecule has 2 saturated heterocycles. The Morgan fingerprint density at radius 3 is 2.25 bits per heavy atom. The van der Waals surface area contributed by atoms with E-state index in [-0.39, 0.29) is 50.6 Å². The minimum absolute atomic E-state index is 0.0200. The molecule has 1 amide bonds. The highest BCUT2D eigenvalue weighted by Gasteiger charge is 2.43. The van der Waals surface area contributed by atoms with Crippen molar-refractivity contribution < 1.29 is 17.9 Å². The second-order valence-electron chi connectivity index (χ2n) is 11.1. The van der Waals surface area contributed by atoms with Crippen molar-refractivity contribution in [1.82, 2.24) is 14.5 Å². The number of carbonyl (C=O) groups is 1. The number of rotatable bonds is 8. The quantitative estimate of drug-likeness (QED) is 0.396. The van der Waals surface area contributed by atoms with Gasteiger partial charge in [-0.1, -0.05) is 65.1 Å². The number of halogens is 3. The molecule has 3 fully saturated rings. The molecule has 3 aliphatic rings. The SMILES string of the molecule is O=C(COC1CCCN(S(=O)(=O)c2c(Cl)cc(Cl)cc2Cl)C1)NC1CCC(c2ccccc2)(N2CCCC2)CC1. The Morgan fingerprint density at radius 2 is 1.60 bits per heavy atom. The largest absolute Gasteiger partial charge is 0.367 e. The van der Waals surface area contributed by atoms with Gasteiger partial charge in [-0.05, 0) is 82.2 Å². The summed E-state index contributed by atoms with van der Waals surface area (Å²) in [7, 11) is -3.95. The van der Waals surface area contributed by atoms with Crippen LogP contribution in [0.5, 0.6) is 0 Å². The van der Waals surface area contributed by atoms with E-state index in [1.807, 2.05) is 0 Å². The Kier molecular flexibility index (Phi) is 9.67. The minimum Gasteiger partial charge on any atom is -0.367 e. The van der Waals surface area contributed by atoms with Gasteiger partial charge in [-0.15, -0.1) is 0 Å². The van der Waals surface area contributed by atoms with Crippen LogP contribution in [0, 0.1) is 0 Å². The minimum atomic E-state index is -3.95. The van der Waals surface area contributed by atoms with Gasteiger partial charge in [-0.25, -0.2) is 8.42 Å². The van der Waals surface area contributed by atoms with Crippen molar-refractivity contribution in [1.29, 1.82) is 0 Å². The van der Waals surface area contributed by atoms with Gasteiger partial charge in [0.1, 0.15) is 11.5 Å². The first-order valence-electron chi connectivity index (χ1n) is 14.1. The number of benzene rings is 2. The number of hydrogen-bond acceptors (Lipinski definition) is 5. The summed E-state index contributed by atoms with van der Waals surface area (Å²) in [5, 5.41) is 3.39. The van der Waals surface area contributed by atoms with Crippen LogP contribution in [-0.4, -0.2) is 68.5 Å². The maximum Gasteiger partial charge on any atom is 0.246 e. The summed E-state index contributed by atoms with van der Waals surface area (Å²) in [5.74, 6) is -0.165. The molecular weight excluding hydrogens is 593 g/mol. The van der Waals surface area contributed by atoms with Crippen LogP contribution in [0.3, 0.4) is 0 Å². The first-order chi connectivity index (χ1) is 19.2. The van der Waals surface area contributed by atoms with Crippen molar-refractivity contribution in [3.05, 3.63) is 63.1 Å². The van der Waals surface area contributed by atoms with Gasteiger partial charge in [-0.2, -0.15) is 4.31 Å². The zero-order valence-electron chi connectivity index (χ0n) is 22.5. The Bertz CT molecular complexity index is 1270. The summed E-state index contributed by atoms with van der Waals surface area (Å²) < 4.78 is 33.9. The molecule has 1 N–H and O–H groups in total. The summed E-state index contributed by atoms with van der Waals surface area (Å²) >= 11 is 18.4. The molecule has 2 heterocycles. The van der Waals surface area contributed by atoms with E-state index < -0.39 is 16.1 Å². The molecule has 11 heteroatoms. The Balaban J connectivity index is 1.14. The molecule has 1 atom stereocenters. The fraction of sp³-hybridized carbons (Fsp3) is 0.552. The molecule has 1 aliphatic carbocycles. The number of piperidine rings is 1. The molecule has 218 valence electrons. The lowest BCUT2D eigenvalue weighted by molar-refractivity contribution is -0.129. The highest BCUT2D eigenvalue weighted by molar-refractivity contribution is 7.89. The van der Waals surface area contributed by atoms with Crippen LogP contribution >= 0.6 is 34.8 Å². The average molecular weight is 629 g/mol. The van der Waals surface area contributed by atoms with Crippen LogP contribution < -0.4 is 5.32 Å². The monoisotopic (exact) mass is 627 g/mol. The molecule has 0 aromatic heterocycles. The molecule has 0 radical (unpaired) electrons. The number of carbonyl (C=O) groups excluding carboxylic acids is 1. The summed E-state index contributed by atoms with van der Waals surface area (Å²) in [5.41, 5.74) is 1.42. The molecule has 5 rings (SSSR count). The maximum atomic E-state index is 13.3. The number of nitrogens with zero attached hydrogens (tertiary/aromatic N) is 2. The van der Waals surface area contributed by atoms with Gasteiger partial charge >= 0.3 is 0 Å². The number of nitrogens with one attached hydrogen (secondary N) is 1. The fourth-order valence-electron chi connectivity index (χ4n) is 6.55. The molecule has 2 aromatic carbocycles. The number of sulfonamides is 1. The van der Waals surface area contributed by atoms with Crippen molar-refractivity contribution in [2.45, 2.75) is 73.9 Å². The molecule has 0 bridgehead atoms. The van der Waals surface area contributed by atoms with Gasteiger partial charge < -0.3 is 10.1 Å². The van der Waals surface area contributed by atoms with E-state index in [9.17, 15) is 13.2 Å². The third-order valence-electron chi connectivity index (χ3n) is 8.55. The van der Waals surface area contributed by atoms with Crippen LogP contribution in [0.4, 0.5) is 0 Å². The van der Waals surface area contributed by atoms with Gasteiger partial charge in [0, 0.05) is 29.7 Å². The third-order valence-corrected chi connectivity index (χ3v) is 11.6. The van der Waals surface area contributed by atoms with Gasteiger partial charge in [0.05, 0.1) is 16.1 Å². The second-order valence-corrected chi connectivity index (χ2v) is 14.2. The summed E-state index contributed by atoms with van der Waals surface area (Å²) in [4.78, 5) is 15.3. The maximum absolute atomic E-state index is 13.3. The third kappa shape index (κ3) is 6.48. The van der Waals surface area contributed by atoms with Crippen LogP contribution in [0.15, 0.2) is 47.4 Å². The van der Waals surface area contributed by atoms with E-state index in [4.69, 9.17) is 39.5 Å². The molecule has 1 saturated carbocycles. The molecule has 2 aliphatic heterocycles. The van der Waals surface area contributed by atoms with Gasteiger partial charge in [0.25, 0.3) is 0 Å². The number of ether oxygens (including phenoxy) is 1. The van der Waals surface area contributed by atoms with Crippen LogP contribution in [0.25, 0.3) is 0 Å². The molecule has 0 spiro atoms. The summed E-state index contributed by atoms with van der Waals surface area (Å²) in [6.45, 7) is 2.61. The van der Waals surface area contributed by atoms with Crippen LogP contribution in [0.1, 0.15) is 56.9 Å². The lowest BCUT2D eigenvalue weighted by atomic mass is 9.73. The van der Waals surface area contributed by atoms with E-state index in [1.165, 1.54) is 34.8 Å². The first-order valence-corrected chi connectivity index (χ1v) is 16.6. The normalized spacial score (nSPS) is 26.6. The molecule has 40 heavy (non-hydrogen) atoms. The van der Waals surface area contributed by atoms with E-state index in [0.29, 0.717) is 19.4 Å². The van der Waals surface area contributed by atoms with E-state index in [0.717, 1.165) is 38.8 Å². The highest BCUT2D eigenvalue weighted by Crippen LogP contribution is 2.44. The van der Waals surface area contributed by atoms with Gasteiger partial charge in [-0.3, -0.25) is 9.69 Å². The predicted molar refractivity (Wildman–Crippen MR) is 159 cm³/mol. The van der Waals surface area contributed by atoms with Crippen LogP contribution in [-0.2, 0) is 25.1 Å². The smallest absolute Gasteiger partial charge is 0.246 e. The summed E-state index contributed by atoms with van der Waals surface area (Å²) in [6, 6.07) is 13.6. The van der Waals surface area contributed by atoms with Gasteiger partial charge in [0.2, 0.25) is 15.9 Å². The molecule has 1 unspecified atom stereocenters. The standard InChI is InChI=1S/C29H36Cl3N3O4S/c30-22-17-25(31)28(26(32)18-22)40(37,38)35-16-6-9-24(19-35)39-20-27(36)33-23-10-12-29(13-11-23,34-14-4-5-15-34)21-7-2-1-3-8-21/h1-3,7-8,17-18,23-24H,4-6,9-16,19-20H2,(H,33,36). The zero-order chi connectivity index (χ0) is 28.3. The van der Waals surface area contributed by atoms with E-state index in [1.54, 1.807) is 0 Å². The molecular formula is C29H36Cl3N3O4S. The zero-order valence-corrected chi connectivity index (χ0v) is 25.5.